The summed E-state index contributed by atoms with van der Waals surface area (Å²) in [4.78, 5) is 23.2. The largest absolute Gasteiger partial charge is 0.496 e. The Morgan fingerprint density at radius 1 is 1.13 bits per heavy atom. The molecule has 0 spiro atoms. The number of hydrogen-bond acceptors (Lipinski definition) is 6. The van der Waals surface area contributed by atoms with Crippen LogP contribution in [0, 0.1) is 23.0 Å². The van der Waals surface area contributed by atoms with Crippen LogP contribution in [0.25, 0.3) is 0 Å². The molecule has 1 amide bonds. The highest BCUT2D eigenvalue weighted by Crippen LogP contribution is 2.47. The van der Waals surface area contributed by atoms with E-state index >= 15 is 0 Å². The highest BCUT2D eigenvalue weighted by atomic mass is 16.6. The lowest BCUT2D eigenvalue weighted by molar-refractivity contribution is -0.385. The lowest BCUT2D eigenvalue weighted by Gasteiger charge is -2.19. The van der Waals surface area contributed by atoms with Crippen molar-refractivity contribution in [1.29, 1.82) is 0 Å². The topological polar surface area (TPSA) is 103 Å². The molecule has 1 fully saturated rings. The van der Waals surface area contributed by atoms with Crippen molar-refractivity contribution < 1.29 is 19.2 Å². The predicted molar refractivity (Wildman–Crippen MR) is 147 cm³/mol. The monoisotopic (exact) mass is 515 g/mol. The first kappa shape index (κ1) is 26.9. The van der Waals surface area contributed by atoms with Crippen LogP contribution in [0.3, 0.4) is 0 Å². The van der Waals surface area contributed by atoms with Gasteiger partial charge in [-0.1, -0.05) is 45.0 Å². The highest BCUT2D eigenvalue weighted by Gasteiger charge is 2.44. The smallest absolute Gasteiger partial charge is 0.272 e. The molecule has 2 atom stereocenters. The number of carbonyl (C=O) groups is 1. The molecule has 0 heterocycles. The second-order valence-corrected chi connectivity index (χ2v) is 10.6. The van der Waals surface area contributed by atoms with Crippen molar-refractivity contribution in [2.24, 2.45) is 11.0 Å². The first-order valence-electron chi connectivity index (χ1n) is 12.5. The third kappa shape index (κ3) is 6.37. The predicted octanol–water partition coefficient (Wildman–Crippen LogP) is 6.04. The lowest BCUT2D eigenvalue weighted by Crippen LogP contribution is -2.20. The fraction of sp³-hybridized carbons (Fsp3) is 0.333. The number of nitrogens with one attached hydrogen (secondary N) is 1. The molecular formula is C30H33N3O5. The van der Waals surface area contributed by atoms with Crippen molar-refractivity contribution in [3.63, 3.8) is 0 Å². The number of ether oxygens (including phenoxy) is 2. The van der Waals surface area contributed by atoms with Gasteiger partial charge in [-0.05, 0) is 71.7 Å². The standard InChI is InChI=1S/C30H33N3O5/c1-19-14-24(11-12-27(19)33(35)36)38-18-22-15-20(6-13-28(22)37-5)17-31-32-29(34)26-16-25(26)21-7-9-23(10-8-21)30(2,3)4/h6-15,17,25-26H,16,18H2,1-5H3,(H,32,34)/t25-,26-/m0/s1. The zero-order valence-electron chi connectivity index (χ0n) is 22.4. The van der Waals surface area contributed by atoms with Crippen LogP contribution >= 0.6 is 0 Å². The number of carbonyl (C=O) groups excluding carboxylic acids is 1. The van der Waals surface area contributed by atoms with E-state index in [1.807, 2.05) is 12.1 Å². The zero-order valence-corrected chi connectivity index (χ0v) is 22.4. The molecule has 0 aromatic heterocycles. The normalized spacial score (nSPS) is 16.8. The fourth-order valence-corrected chi connectivity index (χ4v) is 4.41. The van der Waals surface area contributed by atoms with Gasteiger partial charge in [0.1, 0.15) is 18.1 Å². The summed E-state index contributed by atoms with van der Waals surface area (Å²) in [5, 5.41) is 15.2. The number of amides is 1. The van der Waals surface area contributed by atoms with Crippen LogP contribution in [0.4, 0.5) is 5.69 Å². The van der Waals surface area contributed by atoms with Gasteiger partial charge in [0.2, 0.25) is 5.91 Å². The van der Waals surface area contributed by atoms with Crippen LogP contribution in [0.2, 0.25) is 0 Å². The Bertz CT molecular complexity index is 1360. The van der Waals surface area contributed by atoms with Crippen LogP contribution in [-0.2, 0) is 16.8 Å². The molecule has 1 saturated carbocycles. The molecule has 198 valence electrons. The summed E-state index contributed by atoms with van der Waals surface area (Å²) < 4.78 is 11.3. The maximum Gasteiger partial charge on any atom is 0.272 e. The quantitative estimate of drug-likeness (QED) is 0.213. The van der Waals surface area contributed by atoms with Crippen molar-refractivity contribution in [2.45, 2.75) is 52.1 Å². The summed E-state index contributed by atoms with van der Waals surface area (Å²) >= 11 is 0. The minimum Gasteiger partial charge on any atom is -0.496 e. The van der Waals surface area contributed by atoms with Gasteiger partial charge in [0, 0.05) is 23.1 Å². The van der Waals surface area contributed by atoms with Gasteiger partial charge in [0.15, 0.2) is 0 Å². The van der Waals surface area contributed by atoms with E-state index < -0.39 is 4.92 Å². The van der Waals surface area contributed by atoms with Crippen molar-refractivity contribution in [3.05, 3.63) is 98.6 Å². The van der Waals surface area contributed by atoms with E-state index in [0.717, 1.165) is 17.5 Å². The molecule has 0 saturated heterocycles. The molecule has 0 aliphatic heterocycles. The fourth-order valence-electron chi connectivity index (χ4n) is 4.41. The van der Waals surface area contributed by atoms with Crippen LogP contribution < -0.4 is 14.9 Å². The van der Waals surface area contributed by atoms with Crippen LogP contribution in [0.5, 0.6) is 11.5 Å². The van der Waals surface area contributed by atoms with Gasteiger partial charge in [-0.3, -0.25) is 14.9 Å². The summed E-state index contributed by atoms with van der Waals surface area (Å²) in [5.41, 5.74) is 7.35. The molecule has 3 aromatic rings. The number of nitrogens with zero attached hydrogens (tertiary/aromatic N) is 2. The van der Waals surface area contributed by atoms with E-state index in [1.165, 1.54) is 17.2 Å². The van der Waals surface area contributed by atoms with Gasteiger partial charge in [-0.25, -0.2) is 5.43 Å². The van der Waals surface area contributed by atoms with Gasteiger partial charge < -0.3 is 9.47 Å². The minimum atomic E-state index is -0.419. The number of aryl methyl sites for hydroxylation is 1. The molecule has 3 aromatic carbocycles. The Kier molecular flexibility index (Phi) is 7.80. The van der Waals surface area contributed by atoms with Gasteiger partial charge >= 0.3 is 0 Å². The molecule has 8 nitrogen and oxygen atoms in total. The second kappa shape index (κ2) is 11.0. The van der Waals surface area contributed by atoms with Crippen LogP contribution in [-0.4, -0.2) is 24.2 Å². The number of nitro benzene ring substituents is 1. The molecular weight excluding hydrogens is 482 g/mol. The van der Waals surface area contributed by atoms with Crippen molar-refractivity contribution in [2.75, 3.05) is 7.11 Å². The third-order valence-corrected chi connectivity index (χ3v) is 6.78. The number of rotatable bonds is 9. The van der Waals surface area contributed by atoms with Gasteiger partial charge in [-0.15, -0.1) is 0 Å². The Balaban J connectivity index is 1.34. The average molecular weight is 516 g/mol. The van der Waals surface area contributed by atoms with Crippen LogP contribution in [0.15, 0.2) is 65.8 Å². The van der Waals surface area contributed by atoms with Crippen LogP contribution in [0.1, 0.15) is 60.9 Å². The van der Waals surface area contributed by atoms with E-state index in [1.54, 1.807) is 38.4 Å². The summed E-state index contributed by atoms with van der Waals surface area (Å²) in [5.74, 6) is 1.23. The molecule has 0 radical (unpaired) electrons. The van der Waals surface area contributed by atoms with Crippen molar-refractivity contribution in [3.8, 4) is 11.5 Å². The average Bonchev–Trinajstić information content (AvgIpc) is 3.68. The number of hydrogen-bond donors (Lipinski definition) is 1. The maximum absolute atomic E-state index is 12.6. The summed E-state index contributed by atoms with van der Waals surface area (Å²) in [6.07, 6.45) is 2.41. The minimum absolute atomic E-state index is 0.0474. The summed E-state index contributed by atoms with van der Waals surface area (Å²) in [6.45, 7) is 8.43. The third-order valence-electron chi connectivity index (χ3n) is 6.78. The Morgan fingerprint density at radius 3 is 2.50 bits per heavy atom. The van der Waals surface area contributed by atoms with E-state index in [0.29, 0.717) is 17.1 Å². The Morgan fingerprint density at radius 2 is 1.87 bits per heavy atom. The SMILES string of the molecule is COc1ccc(C=NNC(=O)[C@H]2C[C@H]2c2ccc(C(C)(C)C)cc2)cc1COc1ccc([N+](=O)[O-])c(C)c1. The summed E-state index contributed by atoms with van der Waals surface area (Å²) in [7, 11) is 1.57. The molecule has 4 rings (SSSR count). The molecule has 1 aliphatic rings. The zero-order chi connectivity index (χ0) is 27.4. The van der Waals surface area contributed by atoms with Crippen molar-refractivity contribution in [1.82, 2.24) is 5.43 Å². The molecule has 0 bridgehead atoms. The van der Waals surface area contributed by atoms with Crippen molar-refractivity contribution >= 4 is 17.8 Å². The highest BCUT2D eigenvalue weighted by molar-refractivity contribution is 5.85. The van der Waals surface area contributed by atoms with Gasteiger partial charge in [0.05, 0.1) is 18.2 Å². The number of benzene rings is 3. The first-order valence-corrected chi connectivity index (χ1v) is 12.5. The molecule has 0 unspecified atom stereocenters. The van der Waals surface area contributed by atoms with E-state index in [2.05, 4.69) is 55.6 Å². The first-order chi connectivity index (χ1) is 18.1. The number of nitro groups is 1. The van der Waals surface area contributed by atoms with E-state index in [4.69, 9.17) is 9.47 Å². The molecule has 1 N–H and O–H groups in total. The number of methoxy groups -OCH3 is 1. The molecule has 8 heteroatoms. The molecule has 1 aliphatic carbocycles. The van der Waals surface area contributed by atoms with E-state index in [-0.39, 0.29) is 35.5 Å². The van der Waals surface area contributed by atoms with E-state index in [9.17, 15) is 14.9 Å². The lowest BCUT2D eigenvalue weighted by atomic mass is 9.86. The maximum atomic E-state index is 12.6. The second-order valence-electron chi connectivity index (χ2n) is 10.6. The molecule has 38 heavy (non-hydrogen) atoms. The summed E-state index contributed by atoms with van der Waals surface area (Å²) in [6, 6.07) is 18.7. The van der Waals surface area contributed by atoms with Gasteiger partial charge in [-0.2, -0.15) is 5.10 Å². The van der Waals surface area contributed by atoms with Gasteiger partial charge in [0.25, 0.3) is 5.69 Å². The Labute approximate surface area is 222 Å². The Hall–Kier alpha value is -4.20. The number of hydrazone groups is 1.